The summed E-state index contributed by atoms with van der Waals surface area (Å²) >= 11 is 0. The van der Waals surface area contributed by atoms with E-state index in [0.29, 0.717) is 24.9 Å². The highest BCUT2D eigenvalue weighted by molar-refractivity contribution is 7.92. The van der Waals surface area contributed by atoms with Gasteiger partial charge >= 0.3 is 5.97 Å². The van der Waals surface area contributed by atoms with Gasteiger partial charge in [-0.2, -0.15) is 0 Å². The summed E-state index contributed by atoms with van der Waals surface area (Å²) in [5.74, 6) is -2.25. The van der Waals surface area contributed by atoms with Gasteiger partial charge in [-0.25, -0.2) is 8.42 Å². The van der Waals surface area contributed by atoms with Gasteiger partial charge in [0.05, 0.1) is 5.75 Å². The van der Waals surface area contributed by atoms with Gasteiger partial charge in [0, 0.05) is 11.3 Å². The third-order valence-corrected chi connectivity index (χ3v) is 5.86. The maximum Gasteiger partial charge on any atom is 0.322 e. The molecule has 1 aromatic carbocycles. The van der Waals surface area contributed by atoms with E-state index >= 15 is 0 Å². The number of benzene rings is 1. The fourth-order valence-electron chi connectivity index (χ4n) is 2.43. The van der Waals surface area contributed by atoms with E-state index < -0.39 is 39.4 Å². The molecule has 24 heavy (non-hydrogen) atoms. The molecule has 2 rings (SSSR count). The van der Waals surface area contributed by atoms with Crippen molar-refractivity contribution in [1.82, 2.24) is 5.32 Å². The molecule has 0 spiro atoms. The first-order valence-corrected chi connectivity index (χ1v) is 9.13. The second-order valence-corrected chi connectivity index (χ2v) is 7.80. The summed E-state index contributed by atoms with van der Waals surface area (Å²) in [6.45, 7) is -0.489. The number of carbonyl (C=O) groups is 3. The quantitative estimate of drug-likeness (QED) is 0.702. The second kappa shape index (κ2) is 7.43. The van der Waals surface area contributed by atoms with Gasteiger partial charge in [-0.15, -0.1) is 0 Å². The first-order valence-electron chi connectivity index (χ1n) is 7.42. The molecule has 8 nitrogen and oxygen atoms in total. The lowest BCUT2D eigenvalue weighted by Gasteiger charge is -2.21. The van der Waals surface area contributed by atoms with Crippen LogP contribution >= 0.6 is 0 Å². The highest BCUT2D eigenvalue weighted by atomic mass is 32.2. The van der Waals surface area contributed by atoms with Crippen molar-refractivity contribution in [3.05, 3.63) is 29.8 Å². The molecule has 0 saturated carbocycles. The zero-order chi connectivity index (χ0) is 17.7. The highest BCUT2D eigenvalue weighted by Gasteiger charge is 2.34. The fraction of sp³-hybridized carbons (Fsp3) is 0.400. The zero-order valence-corrected chi connectivity index (χ0v) is 13.6. The average Bonchev–Trinajstić information content (AvgIpc) is 2.52. The molecule has 3 N–H and O–H groups in total. The molecule has 0 bridgehead atoms. The summed E-state index contributed by atoms with van der Waals surface area (Å²) in [6, 6.07) is 5.76. The Labute approximate surface area is 139 Å². The predicted molar refractivity (Wildman–Crippen MR) is 86.5 cm³/mol. The van der Waals surface area contributed by atoms with Crippen LogP contribution in [0.25, 0.3) is 0 Å². The molecule has 2 amide bonds. The number of anilines is 1. The van der Waals surface area contributed by atoms with Gasteiger partial charge in [0.2, 0.25) is 5.91 Å². The minimum Gasteiger partial charge on any atom is -0.480 e. The van der Waals surface area contributed by atoms with Crippen LogP contribution in [0.2, 0.25) is 0 Å². The minimum atomic E-state index is -3.41. The lowest BCUT2D eigenvalue weighted by Crippen LogP contribution is -2.39. The van der Waals surface area contributed by atoms with Crippen LogP contribution < -0.4 is 10.6 Å². The molecular formula is C15H18N2O6S. The van der Waals surface area contributed by atoms with Crippen molar-refractivity contribution >= 4 is 33.3 Å². The summed E-state index contributed by atoms with van der Waals surface area (Å²) in [4.78, 5) is 34.2. The van der Waals surface area contributed by atoms with Crippen LogP contribution in [0.4, 0.5) is 5.69 Å². The summed E-state index contributed by atoms with van der Waals surface area (Å²) in [5, 5.41) is 12.2. The van der Waals surface area contributed by atoms with E-state index in [1.807, 2.05) is 0 Å². The van der Waals surface area contributed by atoms with E-state index in [0.717, 1.165) is 0 Å². The lowest BCUT2D eigenvalue weighted by atomic mass is 10.1. The largest absolute Gasteiger partial charge is 0.480 e. The Bertz CT molecular complexity index is 742. The van der Waals surface area contributed by atoms with Crippen molar-refractivity contribution in [2.75, 3.05) is 17.6 Å². The molecule has 130 valence electrons. The van der Waals surface area contributed by atoms with E-state index in [4.69, 9.17) is 5.11 Å². The fourth-order valence-corrected chi connectivity index (χ4v) is 4.24. The minimum absolute atomic E-state index is 0.0216. The number of rotatable bonds is 5. The summed E-state index contributed by atoms with van der Waals surface area (Å²) in [5.41, 5.74) is 0.607. The first kappa shape index (κ1) is 17.9. The van der Waals surface area contributed by atoms with Crippen LogP contribution in [0.5, 0.6) is 0 Å². The Morgan fingerprint density at radius 3 is 2.38 bits per heavy atom. The molecule has 1 aliphatic heterocycles. The van der Waals surface area contributed by atoms with E-state index in [1.54, 1.807) is 0 Å². The molecule has 1 heterocycles. The molecule has 1 aliphatic rings. The molecule has 1 aromatic rings. The number of sulfone groups is 1. The Morgan fingerprint density at radius 2 is 1.79 bits per heavy atom. The van der Waals surface area contributed by atoms with Crippen LogP contribution in [0.1, 0.15) is 29.6 Å². The summed E-state index contributed by atoms with van der Waals surface area (Å²) in [6.07, 6.45) is 1.58. The number of hydrogen-bond acceptors (Lipinski definition) is 5. The van der Waals surface area contributed by atoms with Gasteiger partial charge in [-0.05, 0) is 37.1 Å². The Morgan fingerprint density at radius 1 is 1.12 bits per heavy atom. The number of amides is 2. The highest BCUT2D eigenvalue weighted by Crippen LogP contribution is 2.21. The van der Waals surface area contributed by atoms with Crippen molar-refractivity contribution in [1.29, 1.82) is 0 Å². The Balaban J connectivity index is 1.99. The number of carboxylic acid groups (broad SMARTS) is 1. The summed E-state index contributed by atoms with van der Waals surface area (Å²) in [7, 11) is -3.41. The van der Waals surface area contributed by atoms with Crippen molar-refractivity contribution < 1.29 is 27.9 Å². The SMILES string of the molecule is O=C(O)CNC(=O)c1ccc(NC(=O)C2CCCCS2(=O)=O)cc1. The molecular weight excluding hydrogens is 336 g/mol. The van der Waals surface area contributed by atoms with E-state index in [-0.39, 0.29) is 11.3 Å². The van der Waals surface area contributed by atoms with Gasteiger partial charge in [0.25, 0.3) is 5.91 Å². The molecule has 1 saturated heterocycles. The maximum absolute atomic E-state index is 12.1. The van der Waals surface area contributed by atoms with Gasteiger partial charge in [-0.1, -0.05) is 6.42 Å². The van der Waals surface area contributed by atoms with E-state index in [2.05, 4.69) is 10.6 Å². The van der Waals surface area contributed by atoms with Gasteiger partial charge in [-0.3, -0.25) is 14.4 Å². The van der Waals surface area contributed by atoms with Gasteiger partial charge < -0.3 is 15.7 Å². The van der Waals surface area contributed by atoms with Gasteiger partial charge in [0.15, 0.2) is 9.84 Å². The second-order valence-electron chi connectivity index (χ2n) is 5.49. The monoisotopic (exact) mass is 354 g/mol. The van der Waals surface area contributed by atoms with Crippen molar-refractivity contribution in [3.8, 4) is 0 Å². The number of aliphatic carboxylic acids is 1. The van der Waals surface area contributed by atoms with Crippen LogP contribution in [0, 0.1) is 0 Å². The number of nitrogens with one attached hydrogen (secondary N) is 2. The standard InChI is InChI=1S/C15H18N2O6S/c18-13(19)9-16-14(20)10-4-6-11(7-5-10)17-15(21)12-3-1-2-8-24(12,22)23/h4-7,12H,1-3,8-9H2,(H,16,20)(H,17,21)(H,18,19). The predicted octanol–water partition coefficient (Wildman–Crippen LogP) is 0.407. The smallest absolute Gasteiger partial charge is 0.322 e. The molecule has 1 unspecified atom stereocenters. The number of carbonyl (C=O) groups excluding carboxylic acids is 2. The lowest BCUT2D eigenvalue weighted by molar-refractivity contribution is -0.135. The topological polar surface area (TPSA) is 130 Å². The summed E-state index contributed by atoms with van der Waals surface area (Å²) < 4.78 is 23.8. The van der Waals surface area contributed by atoms with Crippen molar-refractivity contribution in [2.24, 2.45) is 0 Å². The molecule has 0 aliphatic carbocycles. The first-order chi connectivity index (χ1) is 11.3. The Hall–Kier alpha value is -2.42. The maximum atomic E-state index is 12.1. The third kappa shape index (κ3) is 4.54. The van der Waals surface area contributed by atoms with Crippen LogP contribution in [0.15, 0.2) is 24.3 Å². The molecule has 1 fully saturated rings. The van der Waals surface area contributed by atoms with E-state index in [1.165, 1.54) is 24.3 Å². The molecule has 0 radical (unpaired) electrons. The molecule has 9 heteroatoms. The third-order valence-electron chi connectivity index (χ3n) is 3.69. The van der Waals surface area contributed by atoms with Crippen LogP contribution in [-0.2, 0) is 19.4 Å². The molecule has 0 aromatic heterocycles. The number of hydrogen-bond donors (Lipinski definition) is 3. The molecule has 1 atom stereocenters. The zero-order valence-electron chi connectivity index (χ0n) is 12.8. The van der Waals surface area contributed by atoms with Crippen molar-refractivity contribution in [3.63, 3.8) is 0 Å². The number of carboxylic acids is 1. The normalized spacial score (nSPS) is 19.2. The average molecular weight is 354 g/mol. The van der Waals surface area contributed by atoms with E-state index in [9.17, 15) is 22.8 Å². The Kier molecular flexibility index (Phi) is 5.55. The van der Waals surface area contributed by atoms with Crippen molar-refractivity contribution in [2.45, 2.75) is 24.5 Å². The van der Waals surface area contributed by atoms with Crippen LogP contribution in [-0.4, -0.2) is 48.9 Å². The van der Waals surface area contributed by atoms with Crippen LogP contribution in [0.3, 0.4) is 0 Å². The van der Waals surface area contributed by atoms with Gasteiger partial charge in [0.1, 0.15) is 11.8 Å².